The third-order valence-electron chi connectivity index (χ3n) is 4.67. The standard InChI is InChI=1S/C20H23N3S/c1-15-7-8-17(22-14-15)20(23-11-4-9-21-10-12-23)19-13-16-5-2-3-6-18(16)24-19/h2-3,5-8,13-14,20-21H,4,9-12H2,1H3. The molecule has 1 unspecified atom stereocenters. The van der Waals surface area contributed by atoms with Gasteiger partial charge < -0.3 is 5.32 Å². The molecule has 0 amide bonds. The molecule has 3 nitrogen and oxygen atoms in total. The minimum absolute atomic E-state index is 0.253. The molecular weight excluding hydrogens is 314 g/mol. The van der Waals surface area contributed by atoms with Crippen molar-refractivity contribution in [3.05, 3.63) is 64.8 Å². The highest BCUT2D eigenvalue weighted by Crippen LogP contribution is 2.36. The summed E-state index contributed by atoms with van der Waals surface area (Å²) >= 11 is 1.90. The predicted octanol–water partition coefficient (Wildman–Crippen LogP) is 3.99. The van der Waals surface area contributed by atoms with Crippen molar-refractivity contribution in [2.24, 2.45) is 0 Å². The lowest BCUT2D eigenvalue weighted by Crippen LogP contribution is -2.33. The highest BCUT2D eigenvalue weighted by molar-refractivity contribution is 7.19. The first-order chi connectivity index (χ1) is 11.8. The lowest BCUT2D eigenvalue weighted by Gasteiger charge is -2.29. The van der Waals surface area contributed by atoms with Crippen molar-refractivity contribution in [2.75, 3.05) is 26.2 Å². The van der Waals surface area contributed by atoms with Crippen LogP contribution in [0.1, 0.15) is 28.6 Å². The molecule has 4 rings (SSSR count). The fourth-order valence-electron chi connectivity index (χ4n) is 3.42. The van der Waals surface area contributed by atoms with Crippen molar-refractivity contribution < 1.29 is 0 Å². The van der Waals surface area contributed by atoms with Gasteiger partial charge in [-0.1, -0.05) is 24.3 Å². The maximum absolute atomic E-state index is 4.78. The smallest absolute Gasteiger partial charge is 0.0870 e. The summed E-state index contributed by atoms with van der Waals surface area (Å²) in [6.45, 7) is 6.43. The molecule has 4 heteroatoms. The highest BCUT2D eigenvalue weighted by atomic mass is 32.1. The Kier molecular flexibility index (Phi) is 4.60. The number of aromatic nitrogens is 1. The topological polar surface area (TPSA) is 28.2 Å². The zero-order chi connectivity index (χ0) is 16.4. The summed E-state index contributed by atoms with van der Waals surface area (Å²) in [5, 5.41) is 4.85. The Labute approximate surface area is 147 Å². The van der Waals surface area contributed by atoms with Crippen LogP contribution in [-0.2, 0) is 0 Å². The molecule has 1 saturated heterocycles. The molecular formula is C20H23N3S. The van der Waals surface area contributed by atoms with Crippen LogP contribution in [0.25, 0.3) is 10.1 Å². The Morgan fingerprint density at radius 1 is 1.12 bits per heavy atom. The molecule has 0 spiro atoms. The zero-order valence-corrected chi connectivity index (χ0v) is 14.9. The zero-order valence-electron chi connectivity index (χ0n) is 14.0. The Morgan fingerprint density at radius 2 is 2.04 bits per heavy atom. The largest absolute Gasteiger partial charge is 0.315 e. The van der Waals surface area contributed by atoms with Crippen molar-refractivity contribution in [3.63, 3.8) is 0 Å². The maximum Gasteiger partial charge on any atom is 0.0870 e. The third-order valence-corrected chi connectivity index (χ3v) is 5.84. The van der Waals surface area contributed by atoms with Crippen LogP contribution >= 0.6 is 11.3 Å². The number of nitrogens with one attached hydrogen (secondary N) is 1. The number of aryl methyl sites for hydroxylation is 1. The molecule has 3 heterocycles. The number of rotatable bonds is 3. The number of thiophene rings is 1. The van der Waals surface area contributed by atoms with Gasteiger partial charge in [0.1, 0.15) is 0 Å². The Balaban J connectivity index is 1.77. The molecule has 3 aromatic rings. The van der Waals surface area contributed by atoms with Crippen LogP contribution in [-0.4, -0.2) is 36.1 Å². The van der Waals surface area contributed by atoms with E-state index in [0.29, 0.717) is 0 Å². The van der Waals surface area contributed by atoms with Gasteiger partial charge in [0.05, 0.1) is 11.7 Å². The van der Waals surface area contributed by atoms with Crippen LogP contribution in [0.4, 0.5) is 0 Å². The van der Waals surface area contributed by atoms with Crippen LogP contribution in [0.5, 0.6) is 0 Å². The Bertz CT molecular complexity index is 768. The van der Waals surface area contributed by atoms with Gasteiger partial charge in [-0.15, -0.1) is 11.3 Å². The fourth-order valence-corrected chi connectivity index (χ4v) is 4.63. The number of benzene rings is 1. The molecule has 0 aliphatic carbocycles. The van der Waals surface area contributed by atoms with Gasteiger partial charge in [-0.2, -0.15) is 0 Å². The third kappa shape index (κ3) is 3.22. The van der Waals surface area contributed by atoms with Gasteiger partial charge in [-0.05, 0) is 49.0 Å². The van der Waals surface area contributed by atoms with E-state index in [9.17, 15) is 0 Å². The number of hydrogen-bond acceptors (Lipinski definition) is 4. The number of pyridine rings is 1. The van der Waals surface area contributed by atoms with Crippen LogP contribution in [0.2, 0.25) is 0 Å². The monoisotopic (exact) mass is 337 g/mol. The van der Waals surface area contributed by atoms with E-state index in [0.717, 1.165) is 31.9 Å². The first kappa shape index (κ1) is 15.8. The van der Waals surface area contributed by atoms with Crippen molar-refractivity contribution >= 4 is 21.4 Å². The van der Waals surface area contributed by atoms with E-state index in [2.05, 4.69) is 59.6 Å². The molecule has 1 atom stereocenters. The summed E-state index contributed by atoms with van der Waals surface area (Å²) in [7, 11) is 0. The van der Waals surface area contributed by atoms with Gasteiger partial charge in [0.25, 0.3) is 0 Å². The summed E-state index contributed by atoms with van der Waals surface area (Å²) in [5.74, 6) is 0. The second kappa shape index (κ2) is 7.01. The second-order valence-electron chi connectivity index (χ2n) is 6.49. The number of hydrogen-bond donors (Lipinski definition) is 1. The quantitative estimate of drug-likeness (QED) is 0.783. The first-order valence-corrected chi connectivity index (χ1v) is 9.49. The van der Waals surface area contributed by atoms with Crippen molar-refractivity contribution in [1.82, 2.24) is 15.2 Å². The van der Waals surface area contributed by atoms with E-state index in [4.69, 9.17) is 4.98 Å². The molecule has 1 aliphatic rings. The van der Waals surface area contributed by atoms with Gasteiger partial charge in [0.15, 0.2) is 0 Å². The fraction of sp³-hybridized carbons (Fsp3) is 0.350. The van der Waals surface area contributed by atoms with Crippen LogP contribution in [0, 0.1) is 6.92 Å². The number of nitrogens with zero attached hydrogens (tertiary/aromatic N) is 2. The average molecular weight is 337 g/mol. The van der Waals surface area contributed by atoms with Crippen molar-refractivity contribution in [1.29, 1.82) is 0 Å². The summed E-state index contributed by atoms with van der Waals surface area (Å²) in [6.07, 6.45) is 3.18. The molecule has 0 saturated carbocycles. The van der Waals surface area contributed by atoms with E-state index >= 15 is 0 Å². The van der Waals surface area contributed by atoms with Crippen molar-refractivity contribution in [2.45, 2.75) is 19.4 Å². The van der Waals surface area contributed by atoms with Gasteiger partial charge >= 0.3 is 0 Å². The van der Waals surface area contributed by atoms with E-state index in [1.54, 1.807) is 0 Å². The van der Waals surface area contributed by atoms with Crippen LogP contribution in [0.15, 0.2) is 48.7 Å². The van der Waals surface area contributed by atoms with Gasteiger partial charge in [-0.25, -0.2) is 0 Å². The SMILES string of the molecule is Cc1ccc(C(c2cc3ccccc3s2)N2CCCNCC2)nc1. The van der Waals surface area contributed by atoms with E-state index in [1.807, 2.05) is 17.5 Å². The minimum Gasteiger partial charge on any atom is -0.315 e. The highest BCUT2D eigenvalue weighted by Gasteiger charge is 2.26. The average Bonchev–Trinajstić information content (AvgIpc) is 2.84. The lowest BCUT2D eigenvalue weighted by molar-refractivity contribution is 0.240. The molecule has 1 aliphatic heterocycles. The van der Waals surface area contributed by atoms with Crippen LogP contribution < -0.4 is 5.32 Å². The molecule has 0 radical (unpaired) electrons. The van der Waals surface area contributed by atoms with Gasteiger partial charge in [-0.3, -0.25) is 9.88 Å². The first-order valence-electron chi connectivity index (χ1n) is 8.67. The summed E-state index contributed by atoms with van der Waals surface area (Å²) in [6, 6.07) is 15.6. The minimum atomic E-state index is 0.253. The molecule has 1 aromatic carbocycles. The molecule has 2 aromatic heterocycles. The molecule has 1 fully saturated rings. The second-order valence-corrected chi connectivity index (χ2v) is 7.60. The van der Waals surface area contributed by atoms with E-state index < -0.39 is 0 Å². The van der Waals surface area contributed by atoms with E-state index in [1.165, 1.54) is 26.9 Å². The maximum atomic E-state index is 4.78. The Hall–Kier alpha value is -1.75. The van der Waals surface area contributed by atoms with Gasteiger partial charge in [0.2, 0.25) is 0 Å². The summed E-state index contributed by atoms with van der Waals surface area (Å²) < 4.78 is 1.36. The normalized spacial score (nSPS) is 17.7. The lowest BCUT2D eigenvalue weighted by atomic mass is 10.1. The predicted molar refractivity (Wildman–Crippen MR) is 102 cm³/mol. The van der Waals surface area contributed by atoms with Crippen LogP contribution in [0.3, 0.4) is 0 Å². The molecule has 1 N–H and O–H groups in total. The van der Waals surface area contributed by atoms with E-state index in [-0.39, 0.29) is 6.04 Å². The molecule has 0 bridgehead atoms. The Morgan fingerprint density at radius 3 is 2.88 bits per heavy atom. The number of fused-ring (bicyclic) bond motifs is 1. The summed E-state index contributed by atoms with van der Waals surface area (Å²) in [4.78, 5) is 8.76. The van der Waals surface area contributed by atoms with Gasteiger partial charge in [0, 0.05) is 35.4 Å². The summed E-state index contributed by atoms with van der Waals surface area (Å²) in [5.41, 5.74) is 2.38. The molecule has 24 heavy (non-hydrogen) atoms. The molecule has 124 valence electrons. The van der Waals surface area contributed by atoms with Crippen molar-refractivity contribution in [3.8, 4) is 0 Å².